The third-order valence-corrected chi connectivity index (χ3v) is 4.89. The van der Waals surface area contributed by atoms with Crippen LogP contribution >= 0.6 is 22.9 Å². The van der Waals surface area contributed by atoms with E-state index < -0.39 is 50.4 Å². The van der Waals surface area contributed by atoms with Crippen LogP contribution in [0.4, 0.5) is 9.52 Å². The second kappa shape index (κ2) is 9.91. The zero-order valence-electron chi connectivity index (χ0n) is 14.2. The number of hydrogen-bond acceptors (Lipinski definition) is 10. The fourth-order valence-electron chi connectivity index (χ4n) is 1.89. The molecule has 1 aliphatic rings. The number of nitrogens with zero attached hydrogens (tertiary/aromatic N) is 3. The molecule has 2 rings (SSSR count). The minimum Gasteiger partial charge on any atom is -0.731 e. The first-order valence-electron chi connectivity index (χ1n) is 6.77. The van der Waals surface area contributed by atoms with Crippen molar-refractivity contribution in [3.05, 3.63) is 11.1 Å². The van der Waals surface area contributed by atoms with Gasteiger partial charge in [0.05, 0.1) is 0 Å². The molecule has 148 valence electrons. The first-order valence-corrected chi connectivity index (χ1v) is 9.55. The Hall–Kier alpha value is -1.36. The summed E-state index contributed by atoms with van der Waals surface area (Å²) in [6.07, 6.45) is -2.55. The third kappa shape index (κ3) is 5.37. The van der Waals surface area contributed by atoms with E-state index in [4.69, 9.17) is 11.6 Å². The number of rotatable bonds is 7. The molecule has 1 aliphatic heterocycles. The van der Waals surface area contributed by atoms with Gasteiger partial charge in [0.2, 0.25) is 12.2 Å². The number of thiazole rings is 1. The number of aromatic nitrogens is 1. The first kappa shape index (κ1) is 24.7. The fourth-order valence-corrected chi connectivity index (χ4v) is 3.37. The van der Waals surface area contributed by atoms with E-state index in [0.29, 0.717) is 0 Å². The van der Waals surface area contributed by atoms with Crippen molar-refractivity contribution >= 4 is 61.8 Å². The zero-order valence-corrected chi connectivity index (χ0v) is 18.6. The maximum atomic E-state index is 13.8. The van der Waals surface area contributed by atoms with Crippen LogP contribution in [0.3, 0.4) is 0 Å². The Morgan fingerprint density at radius 3 is 2.68 bits per heavy atom. The smallest absolute Gasteiger partial charge is 0.731 e. The molecule has 0 aromatic carbocycles. The van der Waals surface area contributed by atoms with Crippen LogP contribution in [-0.2, 0) is 29.5 Å². The molecule has 1 saturated heterocycles. The van der Waals surface area contributed by atoms with E-state index in [9.17, 15) is 31.7 Å². The third-order valence-electron chi connectivity index (χ3n) is 3.02. The van der Waals surface area contributed by atoms with Crippen LogP contribution in [0.15, 0.2) is 10.5 Å². The Morgan fingerprint density at radius 2 is 2.18 bits per heavy atom. The van der Waals surface area contributed by atoms with Crippen molar-refractivity contribution in [1.29, 1.82) is 0 Å². The van der Waals surface area contributed by atoms with Crippen LogP contribution in [0.25, 0.3) is 0 Å². The summed E-state index contributed by atoms with van der Waals surface area (Å²) in [4.78, 5) is 43.4. The van der Waals surface area contributed by atoms with Gasteiger partial charge >= 0.3 is 29.6 Å². The van der Waals surface area contributed by atoms with Gasteiger partial charge in [0.15, 0.2) is 27.2 Å². The van der Waals surface area contributed by atoms with Crippen molar-refractivity contribution in [3.63, 3.8) is 0 Å². The molecular weight excluding hydrogens is 456 g/mol. The average Bonchev–Trinajstić information content (AvgIpc) is 3.04. The van der Waals surface area contributed by atoms with Gasteiger partial charge in [-0.25, -0.2) is 22.1 Å². The molecule has 0 saturated carbocycles. The molecule has 0 radical (unpaired) electrons. The Labute approximate surface area is 188 Å². The van der Waals surface area contributed by atoms with Crippen molar-refractivity contribution in [2.75, 3.05) is 18.3 Å². The van der Waals surface area contributed by atoms with Crippen LogP contribution in [0.1, 0.15) is 5.69 Å². The number of anilines is 1. The van der Waals surface area contributed by atoms with Gasteiger partial charge in [-0.15, -0.1) is 22.9 Å². The van der Waals surface area contributed by atoms with Crippen molar-refractivity contribution in [1.82, 2.24) is 14.6 Å². The number of nitrogens with one attached hydrogen (secondary N) is 2. The topological polar surface area (TPSA) is 170 Å². The molecule has 3 amide bonds. The summed E-state index contributed by atoms with van der Waals surface area (Å²) in [6.45, 7) is 0. The maximum absolute atomic E-state index is 13.8. The SMILES string of the molecule is CON=C(C(=O)NC1C(=O)N(S(=O)(=O)[O-])C1F)c1csc(NC(=O)CCl)n1.[Na+]. The number of amides is 3. The van der Waals surface area contributed by atoms with E-state index in [1.807, 2.05) is 5.32 Å². The molecule has 0 bridgehead atoms. The van der Waals surface area contributed by atoms with E-state index >= 15 is 0 Å². The first-order chi connectivity index (χ1) is 12.6. The van der Waals surface area contributed by atoms with Crippen molar-refractivity contribution in [3.8, 4) is 0 Å². The Balaban J connectivity index is 0.00000392. The van der Waals surface area contributed by atoms with E-state index in [0.717, 1.165) is 18.4 Å². The Bertz CT molecular complexity index is 911. The summed E-state index contributed by atoms with van der Waals surface area (Å²) < 4.78 is 45.4. The number of β-lactam (4-membered cyclic amide) rings is 1. The van der Waals surface area contributed by atoms with Gasteiger partial charge < -0.3 is 20.0 Å². The number of oxime groups is 1. The van der Waals surface area contributed by atoms with Gasteiger partial charge in [-0.05, 0) is 0 Å². The predicted octanol–water partition coefficient (Wildman–Crippen LogP) is -4.24. The van der Waals surface area contributed by atoms with Crippen LogP contribution in [-0.4, -0.2) is 71.0 Å². The summed E-state index contributed by atoms with van der Waals surface area (Å²) in [5.74, 6) is -3.43. The molecule has 1 aromatic heterocycles. The van der Waals surface area contributed by atoms with Gasteiger partial charge in [0.25, 0.3) is 11.8 Å². The fraction of sp³-hybridized carbons (Fsp3) is 0.364. The molecule has 17 heteroatoms. The molecule has 1 fully saturated rings. The Kier molecular flexibility index (Phi) is 8.73. The summed E-state index contributed by atoms with van der Waals surface area (Å²) in [5, 5.41) is 9.05. The van der Waals surface area contributed by atoms with Crippen LogP contribution < -0.4 is 40.2 Å². The minimum absolute atomic E-state index is 0. The monoisotopic (exact) mass is 465 g/mol. The van der Waals surface area contributed by atoms with Gasteiger partial charge in [-0.2, -0.15) is 0 Å². The van der Waals surface area contributed by atoms with Crippen molar-refractivity contribution in [2.24, 2.45) is 5.16 Å². The second-order valence-electron chi connectivity index (χ2n) is 4.76. The average molecular weight is 466 g/mol. The van der Waals surface area contributed by atoms with Gasteiger partial charge in [0, 0.05) is 5.38 Å². The van der Waals surface area contributed by atoms with E-state index in [1.165, 1.54) is 5.38 Å². The van der Waals surface area contributed by atoms with Gasteiger partial charge in [-0.1, -0.05) is 5.16 Å². The molecular formula is C11H10ClFN5NaO7S2. The second-order valence-corrected chi connectivity index (χ2v) is 7.13. The summed E-state index contributed by atoms with van der Waals surface area (Å²) in [5.41, 5.74) is -0.566. The van der Waals surface area contributed by atoms with Crippen LogP contribution in [0, 0.1) is 0 Å². The summed E-state index contributed by atoms with van der Waals surface area (Å²) in [7, 11) is -4.23. The van der Waals surface area contributed by atoms with E-state index in [1.54, 1.807) is 0 Å². The van der Waals surface area contributed by atoms with Crippen molar-refractivity contribution in [2.45, 2.75) is 12.3 Å². The minimum atomic E-state index is -5.34. The van der Waals surface area contributed by atoms with Gasteiger partial charge in [0.1, 0.15) is 18.7 Å². The quantitative estimate of drug-likeness (QED) is 0.0775. The van der Waals surface area contributed by atoms with Crippen molar-refractivity contribution < 1.29 is 66.1 Å². The largest absolute Gasteiger partial charge is 1.00 e. The normalized spacial score (nSPS) is 19.4. The molecule has 1 aromatic rings. The van der Waals surface area contributed by atoms with E-state index in [-0.39, 0.29) is 46.3 Å². The summed E-state index contributed by atoms with van der Waals surface area (Å²) in [6, 6.07) is -1.89. The molecule has 2 atom stereocenters. The molecule has 2 unspecified atom stereocenters. The molecule has 28 heavy (non-hydrogen) atoms. The number of alkyl halides is 2. The number of carbonyl (C=O) groups is 3. The predicted molar refractivity (Wildman–Crippen MR) is 88.4 cm³/mol. The number of hydrogen-bond donors (Lipinski definition) is 2. The number of carbonyl (C=O) groups excluding carboxylic acids is 3. The molecule has 12 nitrogen and oxygen atoms in total. The van der Waals surface area contributed by atoms with Crippen LogP contribution in [0.5, 0.6) is 0 Å². The standard InChI is InChI=1S/C11H11ClFN5O7S2.Na/c1-25-17-6(4-3-26-11(14-4)15-5(19)2-12)9(20)16-7-8(13)18(10(7)21)27(22,23)24;/h3,7-8H,2H2,1H3,(H,16,20)(H,14,15,19)(H,22,23,24);/q;+1/p-1. The zero-order chi connectivity index (χ0) is 20.4. The Morgan fingerprint density at radius 1 is 1.54 bits per heavy atom. The molecule has 0 spiro atoms. The maximum Gasteiger partial charge on any atom is 1.00 e. The van der Waals surface area contributed by atoms with E-state index in [2.05, 4.69) is 20.3 Å². The molecule has 2 heterocycles. The summed E-state index contributed by atoms with van der Waals surface area (Å²) >= 11 is 6.26. The van der Waals surface area contributed by atoms with Crippen LogP contribution in [0.2, 0.25) is 0 Å². The van der Waals surface area contributed by atoms with Gasteiger partial charge in [-0.3, -0.25) is 14.4 Å². The number of halogens is 2. The molecule has 2 N–H and O–H groups in total. The molecule has 0 aliphatic carbocycles.